The molecular weight excluding hydrogens is 348 g/mol. The summed E-state index contributed by atoms with van der Waals surface area (Å²) in [7, 11) is 0. The minimum atomic E-state index is -0.211. The number of carbonyl (C=O) groups excluding carboxylic acids is 4. The summed E-state index contributed by atoms with van der Waals surface area (Å²) < 4.78 is 0. The van der Waals surface area contributed by atoms with Crippen LogP contribution in [0.5, 0.6) is 0 Å². The van der Waals surface area contributed by atoms with E-state index in [4.69, 9.17) is 22.9 Å². The first-order valence-electron chi connectivity index (χ1n) is 9.34. The third kappa shape index (κ3) is 143. The predicted molar refractivity (Wildman–Crippen MR) is 113 cm³/mol. The summed E-state index contributed by atoms with van der Waals surface area (Å²) >= 11 is 0. The molecule has 0 aromatic rings. The van der Waals surface area contributed by atoms with Gasteiger partial charge in [-0.3, -0.25) is 14.4 Å². The molecule has 8 N–H and O–H groups in total. The molecule has 8 nitrogen and oxygen atoms in total. The first kappa shape index (κ1) is 36.0. The molecule has 27 heavy (non-hydrogen) atoms. The maximum Gasteiger partial charge on any atom is 0.217 e. The van der Waals surface area contributed by atoms with Crippen LogP contribution >= 0.6 is 0 Å². The van der Waals surface area contributed by atoms with Crippen LogP contribution in [-0.4, -0.2) is 30.0 Å². The van der Waals surface area contributed by atoms with Gasteiger partial charge in [0.2, 0.25) is 17.7 Å². The molecule has 0 atom stereocenters. The van der Waals surface area contributed by atoms with Crippen molar-refractivity contribution in [1.82, 2.24) is 0 Å². The number of hydrogen-bond acceptors (Lipinski definition) is 5. The summed E-state index contributed by atoms with van der Waals surface area (Å²) in [5.41, 5.74) is 19.3. The minimum absolute atomic E-state index is 0.167. The van der Waals surface area contributed by atoms with Crippen LogP contribution in [0.25, 0.3) is 0 Å². The van der Waals surface area contributed by atoms with E-state index in [9.17, 15) is 19.2 Å². The van der Waals surface area contributed by atoms with Crippen LogP contribution in [0.1, 0.15) is 87.0 Å². The Morgan fingerprint density at radius 2 is 0.926 bits per heavy atom. The fourth-order valence-corrected chi connectivity index (χ4v) is 0.924. The summed E-state index contributed by atoms with van der Waals surface area (Å²) in [6, 6.07) is 0. The Hall–Kier alpha value is -1.96. The van der Waals surface area contributed by atoms with Crippen molar-refractivity contribution in [2.45, 2.75) is 87.0 Å². The van der Waals surface area contributed by atoms with Crippen LogP contribution in [0.15, 0.2) is 0 Å². The summed E-state index contributed by atoms with van der Waals surface area (Å²) in [6.45, 7) is 13.7. The lowest BCUT2D eigenvalue weighted by atomic mass is 10.1. The van der Waals surface area contributed by atoms with E-state index in [1.807, 2.05) is 20.8 Å². The molecule has 0 aliphatic heterocycles. The molecule has 0 rings (SSSR count). The number of rotatable bonds is 7. The Morgan fingerprint density at radius 1 is 0.704 bits per heavy atom. The van der Waals surface area contributed by atoms with Gasteiger partial charge in [0.05, 0.1) is 0 Å². The molecule has 0 fully saturated rings. The highest BCUT2D eigenvalue weighted by atomic mass is 16.2. The van der Waals surface area contributed by atoms with Crippen molar-refractivity contribution in [3.8, 4) is 0 Å². The molecule has 0 heterocycles. The standard InChI is InChI=1S/C6H13NO.2C4H9NO.C3H6O.C2H7N/c1-5(2)3-4-6(7)8;2*1-2-3-4(5)6;1-3(2)4;1-2-3/h5H,3-4H2,1-2H3,(H2,7,8);2*2-3H2,1H3,(H2,5,6);1-2H3;2-3H2,1H3. The molecule has 0 radical (unpaired) electrons. The van der Waals surface area contributed by atoms with Gasteiger partial charge in [-0.15, -0.1) is 0 Å². The number of Topliss-reactive ketones (excluding diaryl/α,β-unsaturated/α-hetero) is 1. The van der Waals surface area contributed by atoms with Crippen LogP contribution in [0.2, 0.25) is 0 Å². The van der Waals surface area contributed by atoms with Crippen LogP contribution in [0.4, 0.5) is 0 Å². The van der Waals surface area contributed by atoms with E-state index < -0.39 is 0 Å². The smallest absolute Gasteiger partial charge is 0.217 e. The molecule has 0 unspecified atom stereocenters. The maximum atomic E-state index is 10.1. The zero-order chi connectivity index (χ0) is 22.8. The lowest BCUT2D eigenvalue weighted by molar-refractivity contribution is -0.119. The van der Waals surface area contributed by atoms with E-state index in [0.717, 1.165) is 25.8 Å². The molecule has 0 saturated carbocycles. The summed E-state index contributed by atoms with van der Waals surface area (Å²) in [4.78, 5) is 39.2. The van der Waals surface area contributed by atoms with Crippen LogP contribution in [0.3, 0.4) is 0 Å². The van der Waals surface area contributed by atoms with Gasteiger partial charge < -0.3 is 27.7 Å². The molecule has 0 aromatic heterocycles. The van der Waals surface area contributed by atoms with Gasteiger partial charge in [0.25, 0.3) is 0 Å². The van der Waals surface area contributed by atoms with Crippen LogP contribution in [0, 0.1) is 5.92 Å². The molecule has 0 bridgehead atoms. The highest BCUT2D eigenvalue weighted by Gasteiger charge is 1.96. The number of hydrogen-bond donors (Lipinski definition) is 4. The second kappa shape index (κ2) is 31.8. The Balaban J connectivity index is -0.0000000776. The Kier molecular flexibility index (Phi) is 42.4. The van der Waals surface area contributed by atoms with E-state index in [2.05, 4.69) is 13.8 Å². The van der Waals surface area contributed by atoms with Crippen LogP contribution in [-0.2, 0) is 19.2 Å². The van der Waals surface area contributed by atoms with E-state index in [0.29, 0.717) is 25.2 Å². The second-order valence-corrected chi connectivity index (χ2v) is 6.15. The highest BCUT2D eigenvalue weighted by molar-refractivity contribution is 5.74. The van der Waals surface area contributed by atoms with Gasteiger partial charge in [-0.25, -0.2) is 0 Å². The average Bonchev–Trinajstić information content (AvgIpc) is 2.46. The van der Waals surface area contributed by atoms with Gasteiger partial charge in [0.1, 0.15) is 5.78 Å². The Morgan fingerprint density at radius 3 is 0.963 bits per heavy atom. The van der Waals surface area contributed by atoms with Crippen molar-refractivity contribution in [2.75, 3.05) is 6.54 Å². The molecule has 8 heteroatoms. The zero-order valence-electron chi connectivity index (χ0n) is 18.5. The van der Waals surface area contributed by atoms with Gasteiger partial charge >= 0.3 is 0 Å². The quantitative estimate of drug-likeness (QED) is 0.518. The number of amides is 3. The molecule has 164 valence electrons. The number of primary amides is 3. The van der Waals surface area contributed by atoms with Crippen molar-refractivity contribution in [3.63, 3.8) is 0 Å². The van der Waals surface area contributed by atoms with Gasteiger partial charge in [0.15, 0.2) is 0 Å². The summed E-state index contributed by atoms with van der Waals surface area (Å²) in [5, 5.41) is 0. The zero-order valence-corrected chi connectivity index (χ0v) is 18.5. The predicted octanol–water partition coefficient (Wildman–Crippen LogP) is 2.01. The fraction of sp³-hybridized carbons (Fsp3) is 0.789. The molecule has 0 spiro atoms. The van der Waals surface area contributed by atoms with E-state index in [1.165, 1.54) is 13.8 Å². The third-order valence-corrected chi connectivity index (χ3v) is 1.96. The van der Waals surface area contributed by atoms with Crippen molar-refractivity contribution in [3.05, 3.63) is 0 Å². The third-order valence-electron chi connectivity index (χ3n) is 1.96. The average molecular weight is 393 g/mol. The normalized spacial score (nSPS) is 8.19. The van der Waals surface area contributed by atoms with Gasteiger partial charge in [-0.1, -0.05) is 34.6 Å². The monoisotopic (exact) mass is 392 g/mol. The largest absolute Gasteiger partial charge is 0.370 e. The van der Waals surface area contributed by atoms with Gasteiger partial charge in [-0.2, -0.15) is 0 Å². The van der Waals surface area contributed by atoms with Gasteiger partial charge in [-0.05, 0) is 45.6 Å². The minimum Gasteiger partial charge on any atom is -0.370 e. The van der Waals surface area contributed by atoms with E-state index in [-0.39, 0.29) is 23.5 Å². The lowest BCUT2D eigenvalue weighted by Gasteiger charge is -1.98. The van der Waals surface area contributed by atoms with Crippen LogP contribution < -0.4 is 22.9 Å². The number of nitrogens with two attached hydrogens (primary N) is 4. The molecule has 0 aliphatic rings. The number of ketones is 1. The van der Waals surface area contributed by atoms with E-state index >= 15 is 0 Å². The van der Waals surface area contributed by atoms with Crippen molar-refractivity contribution >= 4 is 23.5 Å². The first-order chi connectivity index (χ1) is 12.3. The molecule has 0 aromatic carbocycles. The summed E-state index contributed by atoms with van der Waals surface area (Å²) in [6.07, 6.45) is 4.18. The van der Waals surface area contributed by atoms with Crippen molar-refractivity contribution in [2.24, 2.45) is 28.9 Å². The molecular formula is C19H44N4O4. The SMILES string of the molecule is CC(C)=O.CC(C)CCC(N)=O.CCCC(N)=O.CCCC(N)=O.CCN. The van der Waals surface area contributed by atoms with E-state index in [1.54, 1.807) is 0 Å². The topological polar surface area (TPSA) is 172 Å². The van der Waals surface area contributed by atoms with Crippen molar-refractivity contribution < 1.29 is 19.2 Å². The fourth-order valence-electron chi connectivity index (χ4n) is 0.924. The maximum absolute atomic E-state index is 10.1. The lowest BCUT2D eigenvalue weighted by Crippen LogP contribution is -2.10. The molecule has 0 aliphatic carbocycles. The first-order valence-corrected chi connectivity index (χ1v) is 9.34. The highest BCUT2D eigenvalue weighted by Crippen LogP contribution is 2.01. The second-order valence-electron chi connectivity index (χ2n) is 6.15. The molecule has 0 saturated heterocycles. The Bertz CT molecular complexity index is 340. The summed E-state index contributed by atoms with van der Waals surface area (Å²) in [5.74, 6) is 0.135. The molecule has 3 amide bonds. The number of carbonyl (C=O) groups is 4. The Labute approximate surface area is 165 Å². The van der Waals surface area contributed by atoms with Gasteiger partial charge in [0, 0.05) is 19.3 Å². The van der Waals surface area contributed by atoms with Crippen molar-refractivity contribution in [1.29, 1.82) is 0 Å².